The minimum atomic E-state index is -0.483. The Morgan fingerprint density at radius 3 is 2.64 bits per heavy atom. The molecule has 4 aromatic rings. The van der Waals surface area contributed by atoms with E-state index in [0.29, 0.717) is 24.9 Å². The van der Waals surface area contributed by atoms with Gasteiger partial charge in [0.1, 0.15) is 17.7 Å². The Labute approximate surface area is 228 Å². The molecule has 0 bridgehead atoms. The van der Waals surface area contributed by atoms with Crippen molar-refractivity contribution in [2.75, 3.05) is 50.5 Å². The summed E-state index contributed by atoms with van der Waals surface area (Å²) in [6.07, 6.45) is 4.93. The van der Waals surface area contributed by atoms with Gasteiger partial charge in [0.15, 0.2) is 0 Å². The summed E-state index contributed by atoms with van der Waals surface area (Å²) in [6.45, 7) is 9.32. The molecule has 0 radical (unpaired) electrons. The van der Waals surface area contributed by atoms with Gasteiger partial charge < -0.3 is 24.8 Å². The third-order valence-corrected chi connectivity index (χ3v) is 6.43. The summed E-state index contributed by atoms with van der Waals surface area (Å²) < 4.78 is 5.50. The van der Waals surface area contributed by atoms with Gasteiger partial charge in [-0.15, -0.1) is 0 Å². The number of hydrogen-bond donors (Lipinski definition) is 2. The van der Waals surface area contributed by atoms with Gasteiger partial charge in [-0.3, -0.25) is 4.90 Å². The van der Waals surface area contributed by atoms with Crippen LogP contribution in [0.2, 0.25) is 0 Å². The average molecular weight is 530 g/mol. The van der Waals surface area contributed by atoms with Crippen LogP contribution in [0.5, 0.6) is 0 Å². The second-order valence-electron chi connectivity index (χ2n) is 10.9. The van der Waals surface area contributed by atoms with Crippen LogP contribution in [-0.2, 0) is 11.3 Å². The van der Waals surface area contributed by atoms with E-state index in [-0.39, 0.29) is 6.09 Å². The predicted octanol–water partition coefficient (Wildman–Crippen LogP) is 4.28. The normalized spacial score (nSPS) is 14.4. The number of carbonyl (C=O) groups is 1. The van der Waals surface area contributed by atoms with E-state index in [0.717, 1.165) is 53.2 Å². The number of nitrogens with one attached hydrogen (secondary N) is 2. The molecule has 1 aliphatic heterocycles. The van der Waals surface area contributed by atoms with Gasteiger partial charge >= 0.3 is 6.09 Å². The number of nitrogens with zero attached hydrogens (tertiary/aromatic N) is 7. The molecule has 0 unspecified atom stereocenters. The van der Waals surface area contributed by atoms with E-state index in [1.54, 1.807) is 17.4 Å². The number of aromatic nitrogens is 5. The van der Waals surface area contributed by atoms with Gasteiger partial charge in [0.2, 0.25) is 5.95 Å². The number of aromatic amines is 1. The van der Waals surface area contributed by atoms with Crippen LogP contribution in [0.3, 0.4) is 0 Å². The molecule has 1 aromatic carbocycles. The first-order valence-corrected chi connectivity index (χ1v) is 13.0. The highest BCUT2D eigenvalue weighted by atomic mass is 16.6. The van der Waals surface area contributed by atoms with Crippen molar-refractivity contribution >= 4 is 34.6 Å². The van der Waals surface area contributed by atoms with Crippen LogP contribution < -0.4 is 10.2 Å². The third kappa shape index (κ3) is 6.43. The number of pyridine rings is 1. The molecule has 1 fully saturated rings. The fraction of sp³-hybridized carbons (Fsp3) is 0.393. The van der Waals surface area contributed by atoms with Crippen molar-refractivity contribution in [2.45, 2.75) is 32.9 Å². The molecule has 4 heterocycles. The zero-order valence-electron chi connectivity index (χ0n) is 23.1. The van der Waals surface area contributed by atoms with Crippen LogP contribution in [0, 0.1) is 0 Å². The molecule has 204 valence electrons. The SMILES string of the molecule is CN(C)c1cncnc1-c1ccc2nc(Nc3cc(CN4CCN(C(=O)OC(C)(C)C)CC4)ccn3)[nH]c2c1. The van der Waals surface area contributed by atoms with E-state index >= 15 is 0 Å². The zero-order valence-corrected chi connectivity index (χ0v) is 23.1. The predicted molar refractivity (Wildman–Crippen MR) is 152 cm³/mol. The molecule has 5 rings (SSSR count). The van der Waals surface area contributed by atoms with E-state index in [9.17, 15) is 4.79 Å². The molecule has 39 heavy (non-hydrogen) atoms. The molecule has 1 amide bonds. The molecule has 0 saturated carbocycles. The maximum atomic E-state index is 12.3. The Kier molecular flexibility index (Phi) is 7.34. The number of H-pyrrole nitrogens is 1. The van der Waals surface area contributed by atoms with E-state index in [4.69, 9.17) is 4.74 Å². The van der Waals surface area contributed by atoms with E-state index in [2.05, 4.69) is 35.1 Å². The largest absolute Gasteiger partial charge is 0.444 e. The molecule has 11 heteroatoms. The van der Waals surface area contributed by atoms with Crippen molar-refractivity contribution in [1.29, 1.82) is 0 Å². The monoisotopic (exact) mass is 529 g/mol. The number of benzene rings is 1. The molecule has 0 spiro atoms. The topological polar surface area (TPSA) is 115 Å². The summed E-state index contributed by atoms with van der Waals surface area (Å²) in [4.78, 5) is 39.6. The number of amides is 1. The first-order valence-electron chi connectivity index (χ1n) is 13.0. The van der Waals surface area contributed by atoms with Crippen LogP contribution in [0.4, 0.5) is 22.2 Å². The number of hydrogen-bond acceptors (Lipinski definition) is 9. The molecule has 1 saturated heterocycles. The van der Waals surface area contributed by atoms with Crippen molar-refractivity contribution in [2.24, 2.45) is 0 Å². The lowest BCUT2D eigenvalue weighted by Gasteiger charge is -2.35. The number of fused-ring (bicyclic) bond motifs is 1. The fourth-order valence-corrected chi connectivity index (χ4v) is 4.52. The Balaban J connectivity index is 1.23. The Morgan fingerprint density at radius 2 is 1.90 bits per heavy atom. The lowest BCUT2D eigenvalue weighted by Crippen LogP contribution is -2.49. The van der Waals surface area contributed by atoms with Gasteiger partial charge in [-0.1, -0.05) is 6.07 Å². The van der Waals surface area contributed by atoms with Crippen molar-refractivity contribution < 1.29 is 9.53 Å². The van der Waals surface area contributed by atoms with Crippen molar-refractivity contribution in [1.82, 2.24) is 34.7 Å². The number of ether oxygens (including phenoxy) is 1. The highest BCUT2D eigenvalue weighted by molar-refractivity contribution is 5.86. The standard InChI is InChI=1S/C28H35N9O2/c1-28(2,3)39-27(38)37-12-10-36(11-13-37)17-19-8-9-30-24(14-19)34-26-32-21-7-6-20(15-22(21)33-26)25-23(35(4)5)16-29-18-31-25/h6-9,14-16,18H,10-13,17H2,1-5H3,(H2,30,32,33,34). The number of carbonyl (C=O) groups excluding carboxylic acids is 1. The van der Waals surface area contributed by atoms with E-state index < -0.39 is 5.60 Å². The van der Waals surface area contributed by atoms with Gasteiger partial charge in [-0.05, 0) is 50.6 Å². The molecular weight excluding hydrogens is 494 g/mol. The van der Waals surface area contributed by atoms with Crippen LogP contribution in [-0.4, -0.2) is 86.7 Å². The van der Waals surface area contributed by atoms with Crippen molar-refractivity contribution in [3.05, 3.63) is 54.6 Å². The van der Waals surface area contributed by atoms with Gasteiger partial charge in [-0.2, -0.15) is 0 Å². The first-order chi connectivity index (χ1) is 18.6. The second-order valence-corrected chi connectivity index (χ2v) is 10.9. The second kappa shape index (κ2) is 10.9. The fourth-order valence-electron chi connectivity index (χ4n) is 4.52. The molecule has 0 aliphatic carbocycles. The summed E-state index contributed by atoms with van der Waals surface area (Å²) in [5.41, 5.74) is 5.19. The van der Waals surface area contributed by atoms with Gasteiger partial charge in [0.25, 0.3) is 0 Å². The molecule has 2 N–H and O–H groups in total. The number of imidazole rings is 1. The maximum Gasteiger partial charge on any atom is 0.410 e. The van der Waals surface area contributed by atoms with Crippen LogP contribution in [0.25, 0.3) is 22.3 Å². The van der Waals surface area contributed by atoms with Gasteiger partial charge in [0, 0.05) is 58.6 Å². The zero-order chi connectivity index (χ0) is 27.6. The summed E-state index contributed by atoms with van der Waals surface area (Å²) in [5.74, 6) is 1.33. The lowest BCUT2D eigenvalue weighted by molar-refractivity contribution is 0.0139. The Morgan fingerprint density at radius 1 is 1.10 bits per heavy atom. The summed E-state index contributed by atoms with van der Waals surface area (Å²) in [6, 6.07) is 10.1. The van der Waals surface area contributed by atoms with Crippen LogP contribution in [0.15, 0.2) is 49.1 Å². The average Bonchev–Trinajstić information content (AvgIpc) is 3.29. The highest BCUT2D eigenvalue weighted by Gasteiger charge is 2.25. The quantitative estimate of drug-likeness (QED) is 0.378. The maximum absolute atomic E-state index is 12.3. The lowest BCUT2D eigenvalue weighted by atomic mass is 10.1. The Bertz CT molecular complexity index is 1450. The van der Waals surface area contributed by atoms with Gasteiger partial charge in [0.05, 0.1) is 28.6 Å². The van der Waals surface area contributed by atoms with E-state index in [1.807, 2.05) is 76.3 Å². The number of anilines is 3. The first kappa shape index (κ1) is 26.4. The van der Waals surface area contributed by atoms with Crippen molar-refractivity contribution in [3.8, 4) is 11.3 Å². The third-order valence-electron chi connectivity index (χ3n) is 6.43. The highest BCUT2D eigenvalue weighted by Crippen LogP contribution is 2.29. The summed E-state index contributed by atoms with van der Waals surface area (Å²) in [5, 5.41) is 3.30. The van der Waals surface area contributed by atoms with Crippen LogP contribution >= 0.6 is 0 Å². The number of piperazine rings is 1. The minimum Gasteiger partial charge on any atom is -0.444 e. The summed E-state index contributed by atoms with van der Waals surface area (Å²) in [7, 11) is 3.95. The van der Waals surface area contributed by atoms with Gasteiger partial charge in [-0.25, -0.2) is 24.7 Å². The molecular formula is C28H35N9O2. The van der Waals surface area contributed by atoms with E-state index in [1.165, 1.54) is 0 Å². The Hall–Kier alpha value is -4.25. The molecule has 3 aromatic heterocycles. The molecule has 1 aliphatic rings. The summed E-state index contributed by atoms with van der Waals surface area (Å²) >= 11 is 0. The molecule has 0 atom stereocenters. The van der Waals surface area contributed by atoms with Crippen molar-refractivity contribution in [3.63, 3.8) is 0 Å². The smallest absolute Gasteiger partial charge is 0.410 e. The number of rotatable bonds is 6. The molecule has 11 nitrogen and oxygen atoms in total. The minimum absolute atomic E-state index is 0.245. The van der Waals surface area contributed by atoms with Crippen LogP contribution in [0.1, 0.15) is 26.3 Å².